The van der Waals surface area contributed by atoms with E-state index < -0.39 is 5.95 Å². The lowest BCUT2D eigenvalue weighted by Crippen LogP contribution is -2.48. The number of fused-ring (bicyclic) bond motifs is 5. The van der Waals surface area contributed by atoms with Crippen molar-refractivity contribution in [1.29, 1.82) is 0 Å². The first-order valence-electron chi connectivity index (χ1n) is 11.9. The van der Waals surface area contributed by atoms with Crippen LogP contribution in [0.5, 0.6) is 0 Å². The number of halogens is 1. The summed E-state index contributed by atoms with van der Waals surface area (Å²) in [7, 11) is 0. The number of amides is 1. The zero-order valence-corrected chi connectivity index (χ0v) is 18.7. The van der Waals surface area contributed by atoms with Gasteiger partial charge in [0.05, 0.1) is 5.56 Å². The molecule has 2 aliphatic heterocycles. The largest absolute Gasteiger partial charge is 0.448 e. The molecule has 0 N–H and O–H groups in total. The Morgan fingerprint density at radius 3 is 2.15 bits per heavy atom. The highest BCUT2D eigenvalue weighted by Gasteiger charge is 2.46. The lowest BCUT2D eigenvalue weighted by atomic mass is 9.85. The van der Waals surface area contributed by atoms with Gasteiger partial charge in [0.25, 0.3) is 0 Å². The van der Waals surface area contributed by atoms with Gasteiger partial charge >= 0.3 is 6.09 Å². The molecule has 1 amide bonds. The Hall–Kier alpha value is -3.54. The number of carbonyl (C=O) groups excluding carboxylic acids is 2. The molecule has 34 heavy (non-hydrogen) atoms. The molecule has 2 aromatic carbocycles. The van der Waals surface area contributed by atoms with Crippen LogP contribution in [0.3, 0.4) is 0 Å². The van der Waals surface area contributed by atoms with Crippen LogP contribution in [0.25, 0.3) is 11.1 Å². The molecule has 6 rings (SSSR count). The second-order valence-corrected chi connectivity index (χ2v) is 9.47. The molecule has 0 spiro atoms. The normalized spacial score (nSPS) is 22.9. The molecule has 1 aliphatic carbocycles. The average molecular weight is 457 g/mol. The maximum absolute atomic E-state index is 14.1. The van der Waals surface area contributed by atoms with E-state index in [0.717, 1.165) is 12.8 Å². The van der Waals surface area contributed by atoms with Crippen molar-refractivity contribution in [3.05, 3.63) is 89.5 Å². The predicted molar refractivity (Wildman–Crippen MR) is 125 cm³/mol. The van der Waals surface area contributed by atoms with Crippen molar-refractivity contribution in [2.24, 2.45) is 5.92 Å². The van der Waals surface area contributed by atoms with Gasteiger partial charge in [0, 0.05) is 30.1 Å². The van der Waals surface area contributed by atoms with Gasteiger partial charge in [0.1, 0.15) is 6.61 Å². The Labute approximate surface area is 197 Å². The van der Waals surface area contributed by atoms with Crippen LogP contribution in [0.1, 0.15) is 53.1 Å². The van der Waals surface area contributed by atoms with Gasteiger partial charge < -0.3 is 9.64 Å². The van der Waals surface area contributed by atoms with E-state index in [0.29, 0.717) is 12.8 Å². The summed E-state index contributed by atoms with van der Waals surface area (Å²) in [6, 6.07) is 19.5. The van der Waals surface area contributed by atoms with E-state index in [9.17, 15) is 14.0 Å². The number of ether oxygens (including phenoxy) is 1. The van der Waals surface area contributed by atoms with E-state index in [1.807, 2.05) is 29.2 Å². The SMILES string of the molecule is O=C(c1cccnc1F)C1CC2CCC(C1)N2C(=O)OCC1c2ccccc2-c2ccccc21. The number of rotatable bonds is 4. The fraction of sp³-hybridized carbons (Fsp3) is 0.321. The van der Waals surface area contributed by atoms with Crippen molar-refractivity contribution < 1.29 is 18.7 Å². The van der Waals surface area contributed by atoms with Gasteiger partial charge in [0.15, 0.2) is 5.78 Å². The van der Waals surface area contributed by atoms with E-state index >= 15 is 0 Å². The molecular formula is C28H25FN2O3. The molecule has 0 saturated carbocycles. The number of hydrogen-bond acceptors (Lipinski definition) is 4. The van der Waals surface area contributed by atoms with Crippen LogP contribution in [0.4, 0.5) is 9.18 Å². The van der Waals surface area contributed by atoms with E-state index in [-0.39, 0.29) is 48.0 Å². The standard InChI is InChI=1S/C28H25FN2O3/c29-27-24(10-5-13-30-27)26(32)17-14-18-11-12-19(15-17)31(18)28(33)34-16-25-22-8-3-1-6-20(22)21-7-2-4-9-23(21)25/h1-10,13,17-19,25H,11-12,14-16H2. The van der Waals surface area contributed by atoms with Crippen molar-refractivity contribution in [2.75, 3.05) is 6.61 Å². The molecule has 2 bridgehead atoms. The zero-order valence-electron chi connectivity index (χ0n) is 18.7. The summed E-state index contributed by atoms with van der Waals surface area (Å²) in [5, 5.41) is 0. The summed E-state index contributed by atoms with van der Waals surface area (Å²) in [5.74, 6) is -1.22. The smallest absolute Gasteiger partial charge is 0.410 e. The third-order valence-corrected chi connectivity index (χ3v) is 7.68. The van der Waals surface area contributed by atoms with Crippen LogP contribution in [0, 0.1) is 11.9 Å². The molecule has 6 heteroatoms. The Balaban J connectivity index is 1.15. The monoisotopic (exact) mass is 456 g/mol. The van der Waals surface area contributed by atoms with E-state index in [1.165, 1.54) is 34.5 Å². The molecule has 1 aromatic heterocycles. The van der Waals surface area contributed by atoms with Gasteiger partial charge in [-0.3, -0.25) is 4.79 Å². The molecular weight excluding hydrogens is 431 g/mol. The van der Waals surface area contributed by atoms with Crippen molar-refractivity contribution in [3.8, 4) is 11.1 Å². The minimum Gasteiger partial charge on any atom is -0.448 e. The fourth-order valence-electron chi connectivity index (χ4n) is 6.15. The third kappa shape index (κ3) is 3.40. The summed E-state index contributed by atoms with van der Waals surface area (Å²) >= 11 is 0. The molecule has 172 valence electrons. The maximum Gasteiger partial charge on any atom is 0.410 e. The summed E-state index contributed by atoms with van der Waals surface area (Å²) in [6.07, 6.45) is 3.78. The molecule has 3 aliphatic rings. The number of benzene rings is 2. The minimum atomic E-state index is -0.723. The molecule has 5 nitrogen and oxygen atoms in total. The van der Waals surface area contributed by atoms with Crippen molar-refractivity contribution in [3.63, 3.8) is 0 Å². The van der Waals surface area contributed by atoms with Gasteiger partial charge in [-0.15, -0.1) is 0 Å². The summed E-state index contributed by atoms with van der Waals surface area (Å²) in [6.45, 7) is 0.284. The molecule has 2 atom stereocenters. The molecule has 2 fully saturated rings. The van der Waals surface area contributed by atoms with Crippen molar-refractivity contribution in [2.45, 2.75) is 43.7 Å². The third-order valence-electron chi connectivity index (χ3n) is 7.68. The van der Waals surface area contributed by atoms with Crippen LogP contribution in [0.15, 0.2) is 66.9 Å². The molecule has 0 radical (unpaired) electrons. The second-order valence-electron chi connectivity index (χ2n) is 9.47. The number of aromatic nitrogens is 1. The zero-order chi connectivity index (χ0) is 23.2. The van der Waals surface area contributed by atoms with Gasteiger partial charge in [-0.2, -0.15) is 4.39 Å². The van der Waals surface area contributed by atoms with Crippen LogP contribution in [0.2, 0.25) is 0 Å². The van der Waals surface area contributed by atoms with Gasteiger partial charge in [-0.1, -0.05) is 48.5 Å². The first-order valence-corrected chi connectivity index (χ1v) is 11.9. The first-order chi connectivity index (χ1) is 16.6. The number of hydrogen-bond donors (Lipinski definition) is 0. The molecule has 3 aromatic rings. The Bertz CT molecular complexity index is 1220. The van der Waals surface area contributed by atoms with Crippen LogP contribution < -0.4 is 0 Å². The molecule has 2 unspecified atom stereocenters. The first kappa shape index (κ1) is 21.0. The van der Waals surface area contributed by atoms with Crippen LogP contribution in [-0.2, 0) is 4.74 Å². The number of pyridine rings is 1. The fourth-order valence-corrected chi connectivity index (χ4v) is 6.15. The van der Waals surface area contributed by atoms with Crippen molar-refractivity contribution in [1.82, 2.24) is 9.88 Å². The van der Waals surface area contributed by atoms with Crippen molar-refractivity contribution >= 4 is 11.9 Å². The van der Waals surface area contributed by atoms with E-state index in [1.54, 1.807) is 6.07 Å². The molecule has 3 heterocycles. The average Bonchev–Trinajstić information content (AvgIpc) is 3.33. The van der Waals surface area contributed by atoms with E-state index in [4.69, 9.17) is 4.74 Å². The lowest BCUT2D eigenvalue weighted by Gasteiger charge is -2.37. The number of piperidine rings is 1. The number of carbonyl (C=O) groups is 2. The summed E-state index contributed by atoms with van der Waals surface area (Å²) in [5.41, 5.74) is 4.80. The Kier molecular flexibility index (Phi) is 5.16. The summed E-state index contributed by atoms with van der Waals surface area (Å²) < 4.78 is 19.9. The Morgan fingerprint density at radius 2 is 1.53 bits per heavy atom. The topological polar surface area (TPSA) is 59.5 Å². The quantitative estimate of drug-likeness (QED) is 0.379. The van der Waals surface area contributed by atoms with Crippen LogP contribution >= 0.6 is 0 Å². The highest BCUT2D eigenvalue weighted by Crippen LogP contribution is 2.45. The summed E-state index contributed by atoms with van der Waals surface area (Å²) in [4.78, 5) is 31.6. The van der Waals surface area contributed by atoms with Gasteiger partial charge in [-0.25, -0.2) is 9.78 Å². The predicted octanol–water partition coefficient (Wildman–Crippen LogP) is 5.60. The maximum atomic E-state index is 14.1. The lowest BCUT2D eigenvalue weighted by molar-refractivity contribution is 0.0504. The van der Waals surface area contributed by atoms with Gasteiger partial charge in [-0.05, 0) is 60.1 Å². The van der Waals surface area contributed by atoms with E-state index in [2.05, 4.69) is 29.2 Å². The minimum absolute atomic E-state index is 0.0154. The number of Topliss-reactive ketones (excluding diaryl/α,β-unsaturated/α-hetero) is 1. The van der Waals surface area contributed by atoms with Crippen LogP contribution in [-0.4, -0.2) is 40.5 Å². The highest BCUT2D eigenvalue weighted by atomic mass is 19.1. The number of nitrogens with zero attached hydrogens (tertiary/aromatic N) is 2. The molecule has 2 saturated heterocycles. The Morgan fingerprint density at radius 1 is 0.912 bits per heavy atom. The second kappa shape index (κ2) is 8.35. The highest BCUT2D eigenvalue weighted by molar-refractivity contribution is 5.98. The number of ketones is 1. The van der Waals surface area contributed by atoms with Gasteiger partial charge in [0.2, 0.25) is 5.95 Å².